The highest BCUT2D eigenvalue weighted by Crippen LogP contribution is 2.27. The number of aromatic hydroxyl groups is 1. The number of hydrogen-bond acceptors (Lipinski definition) is 2. The van der Waals surface area contributed by atoms with E-state index in [-0.39, 0.29) is 18.4 Å². The van der Waals surface area contributed by atoms with Crippen molar-refractivity contribution in [2.75, 3.05) is 0 Å². The molecule has 0 fully saturated rings. The molecule has 86 valence electrons. The topological polar surface area (TPSA) is 46.2 Å². The quantitative estimate of drug-likeness (QED) is 0.690. The maximum Gasteiger partial charge on any atom is 0.132 e. The second-order valence-electron chi connectivity index (χ2n) is 3.27. The number of rotatable bonds is 3. The highest BCUT2D eigenvalue weighted by Gasteiger charge is 2.10. The van der Waals surface area contributed by atoms with Crippen molar-refractivity contribution in [3.05, 3.63) is 24.8 Å². The molecule has 5 heteroatoms. The Morgan fingerprint density at radius 3 is 2.53 bits per heavy atom. The van der Waals surface area contributed by atoms with E-state index in [4.69, 9.17) is 5.73 Å². The van der Waals surface area contributed by atoms with Crippen LogP contribution in [-0.2, 0) is 6.42 Å². The van der Waals surface area contributed by atoms with Gasteiger partial charge in [0.2, 0.25) is 0 Å². The zero-order chi connectivity index (χ0) is 10.7. The van der Waals surface area contributed by atoms with Crippen molar-refractivity contribution >= 4 is 57.6 Å². The lowest BCUT2D eigenvalue weighted by Gasteiger charge is -2.11. The molecule has 0 bridgehead atoms. The Kier molecular flexibility index (Phi) is 7.48. The highest BCUT2D eigenvalue weighted by atomic mass is 127. The van der Waals surface area contributed by atoms with E-state index >= 15 is 0 Å². The van der Waals surface area contributed by atoms with Gasteiger partial charge in [-0.2, -0.15) is 0 Å². The maximum atomic E-state index is 9.80. The molecule has 1 aromatic carbocycles. The smallest absolute Gasteiger partial charge is 0.132 e. The summed E-state index contributed by atoms with van der Waals surface area (Å²) in [6.45, 7) is 2.06. The molecule has 2 nitrogen and oxygen atoms in total. The molecule has 1 rings (SSSR count). The molecule has 15 heavy (non-hydrogen) atoms. The van der Waals surface area contributed by atoms with Crippen LogP contribution in [0.15, 0.2) is 12.1 Å². The predicted octanol–water partition coefficient (Wildman–Crippen LogP) is 3.30. The molecule has 1 atom stereocenters. The van der Waals surface area contributed by atoms with Gasteiger partial charge in [-0.25, -0.2) is 0 Å². The first kappa shape index (κ1) is 15.7. The molecule has 0 aromatic heterocycles. The van der Waals surface area contributed by atoms with Gasteiger partial charge in [0.15, 0.2) is 0 Å². The standard InChI is InChI=1S/C10H13I2NO.ClH/c1-2-8(13)4-6-3-7(11)5-9(12)10(6)14;/h3,5,8,14H,2,4,13H2,1H3;1H. The van der Waals surface area contributed by atoms with Crippen molar-refractivity contribution in [2.45, 2.75) is 25.8 Å². The Labute approximate surface area is 124 Å². The summed E-state index contributed by atoms with van der Waals surface area (Å²) in [5.74, 6) is 0.384. The normalized spacial score (nSPS) is 12.0. The summed E-state index contributed by atoms with van der Waals surface area (Å²) in [6.07, 6.45) is 1.68. The van der Waals surface area contributed by atoms with Crippen LogP contribution in [0.3, 0.4) is 0 Å². The van der Waals surface area contributed by atoms with E-state index in [0.29, 0.717) is 5.75 Å². The fraction of sp³-hybridized carbons (Fsp3) is 0.400. The van der Waals surface area contributed by atoms with Crippen LogP contribution in [-0.4, -0.2) is 11.1 Å². The molecule has 0 aliphatic heterocycles. The van der Waals surface area contributed by atoms with Crippen LogP contribution in [0.2, 0.25) is 0 Å². The first-order valence-electron chi connectivity index (χ1n) is 4.47. The summed E-state index contributed by atoms with van der Waals surface area (Å²) < 4.78 is 2.04. The van der Waals surface area contributed by atoms with Crippen molar-refractivity contribution in [1.29, 1.82) is 0 Å². The molecule has 0 saturated heterocycles. The fourth-order valence-electron chi connectivity index (χ4n) is 1.20. The molecule has 0 saturated carbocycles. The van der Waals surface area contributed by atoms with Crippen LogP contribution in [0.1, 0.15) is 18.9 Å². The summed E-state index contributed by atoms with van der Waals surface area (Å²) in [6, 6.07) is 4.08. The zero-order valence-electron chi connectivity index (χ0n) is 8.34. The first-order chi connectivity index (χ1) is 6.54. The number of nitrogens with two attached hydrogens (primary N) is 1. The van der Waals surface area contributed by atoms with Crippen LogP contribution in [0.25, 0.3) is 0 Å². The van der Waals surface area contributed by atoms with E-state index in [1.807, 2.05) is 12.1 Å². The van der Waals surface area contributed by atoms with Crippen LogP contribution < -0.4 is 5.73 Å². The van der Waals surface area contributed by atoms with Crippen LogP contribution >= 0.6 is 57.6 Å². The third-order valence-electron chi connectivity index (χ3n) is 2.11. The molecule has 0 radical (unpaired) electrons. The van der Waals surface area contributed by atoms with E-state index in [9.17, 15) is 5.11 Å². The summed E-state index contributed by atoms with van der Waals surface area (Å²) >= 11 is 4.39. The van der Waals surface area contributed by atoms with E-state index in [1.54, 1.807) is 0 Å². The lowest BCUT2D eigenvalue weighted by Crippen LogP contribution is -2.21. The monoisotopic (exact) mass is 453 g/mol. The van der Waals surface area contributed by atoms with E-state index < -0.39 is 0 Å². The molecule has 1 aromatic rings. The maximum absolute atomic E-state index is 9.80. The summed E-state index contributed by atoms with van der Waals surface area (Å²) in [5.41, 5.74) is 6.81. The minimum absolute atomic E-state index is 0. The third-order valence-corrected chi connectivity index (χ3v) is 3.56. The summed E-state index contributed by atoms with van der Waals surface area (Å²) in [5, 5.41) is 9.80. The van der Waals surface area contributed by atoms with Crippen molar-refractivity contribution in [3.8, 4) is 5.75 Å². The molecule has 0 spiro atoms. The van der Waals surface area contributed by atoms with Gasteiger partial charge < -0.3 is 10.8 Å². The van der Waals surface area contributed by atoms with E-state index in [1.165, 1.54) is 0 Å². The van der Waals surface area contributed by atoms with Crippen molar-refractivity contribution < 1.29 is 5.11 Å². The molecule has 0 heterocycles. The van der Waals surface area contributed by atoms with Gasteiger partial charge in [0.1, 0.15) is 5.75 Å². The number of phenolic OH excluding ortho intramolecular Hbond substituents is 1. The summed E-state index contributed by atoms with van der Waals surface area (Å²) in [4.78, 5) is 0. The Bertz CT molecular complexity index is 333. The van der Waals surface area contributed by atoms with Crippen molar-refractivity contribution in [2.24, 2.45) is 5.73 Å². The number of benzene rings is 1. The van der Waals surface area contributed by atoms with Gasteiger partial charge in [0, 0.05) is 9.61 Å². The average Bonchev–Trinajstić information content (AvgIpc) is 2.13. The van der Waals surface area contributed by atoms with Crippen molar-refractivity contribution in [1.82, 2.24) is 0 Å². The molecule has 3 N–H and O–H groups in total. The zero-order valence-corrected chi connectivity index (χ0v) is 13.5. The van der Waals surface area contributed by atoms with Crippen LogP contribution in [0, 0.1) is 7.14 Å². The molecule has 0 amide bonds. The highest BCUT2D eigenvalue weighted by molar-refractivity contribution is 14.1. The van der Waals surface area contributed by atoms with Crippen LogP contribution in [0.4, 0.5) is 0 Å². The Morgan fingerprint density at radius 2 is 2.00 bits per heavy atom. The van der Waals surface area contributed by atoms with Gasteiger partial charge in [-0.15, -0.1) is 12.4 Å². The van der Waals surface area contributed by atoms with Gasteiger partial charge in [-0.3, -0.25) is 0 Å². The number of hydrogen-bond donors (Lipinski definition) is 2. The van der Waals surface area contributed by atoms with Crippen molar-refractivity contribution in [3.63, 3.8) is 0 Å². The van der Waals surface area contributed by atoms with E-state index in [0.717, 1.165) is 25.5 Å². The van der Waals surface area contributed by atoms with Gasteiger partial charge >= 0.3 is 0 Å². The van der Waals surface area contributed by atoms with Gasteiger partial charge in [-0.1, -0.05) is 6.92 Å². The van der Waals surface area contributed by atoms with E-state index in [2.05, 4.69) is 52.1 Å². The third kappa shape index (κ3) is 4.62. The largest absolute Gasteiger partial charge is 0.507 e. The molecular weight excluding hydrogens is 439 g/mol. The summed E-state index contributed by atoms with van der Waals surface area (Å²) in [7, 11) is 0. The van der Waals surface area contributed by atoms with Gasteiger partial charge in [-0.05, 0) is 75.7 Å². The molecule has 0 aliphatic rings. The average molecular weight is 453 g/mol. The predicted molar refractivity (Wildman–Crippen MR) is 82.8 cm³/mol. The van der Waals surface area contributed by atoms with Gasteiger partial charge in [0.05, 0.1) is 3.57 Å². The minimum Gasteiger partial charge on any atom is -0.507 e. The lowest BCUT2D eigenvalue weighted by molar-refractivity contribution is 0.460. The lowest BCUT2D eigenvalue weighted by atomic mass is 10.0. The fourth-order valence-corrected chi connectivity index (χ4v) is 3.17. The van der Waals surface area contributed by atoms with Gasteiger partial charge in [0.25, 0.3) is 0 Å². The number of phenols is 1. The molecule has 0 aliphatic carbocycles. The molecular formula is C10H14ClI2NO. The Balaban J connectivity index is 0.00000196. The minimum atomic E-state index is 0. The Morgan fingerprint density at radius 1 is 1.40 bits per heavy atom. The number of halogens is 3. The van der Waals surface area contributed by atoms with Crippen LogP contribution in [0.5, 0.6) is 5.75 Å². The molecule has 1 unspecified atom stereocenters. The SMILES string of the molecule is CCC(N)Cc1cc(I)cc(I)c1O.Cl. The first-order valence-corrected chi connectivity index (χ1v) is 6.62. The second-order valence-corrected chi connectivity index (χ2v) is 5.68. The second kappa shape index (κ2) is 7.13. The Hall–Kier alpha value is 0.730.